The van der Waals surface area contributed by atoms with Gasteiger partial charge in [0.25, 0.3) is 0 Å². The lowest BCUT2D eigenvalue weighted by molar-refractivity contribution is -0.278. The van der Waals surface area contributed by atoms with Gasteiger partial charge in [0.05, 0.1) is 30.8 Å². The summed E-state index contributed by atoms with van der Waals surface area (Å²) in [7, 11) is 0. The number of fused-ring (bicyclic) bond motifs is 2. The summed E-state index contributed by atoms with van der Waals surface area (Å²) in [5, 5.41) is 46.8. The molecular formula is C41H66O8. The van der Waals surface area contributed by atoms with Gasteiger partial charge in [0.15, 0.2) is 0 Å². The Morgan fingerprint density at radius 1 is 0.857 bits per heavy atom. The molecule has 4 aliphatic carbocycles. The van der Waals surface area contributed by atoms with Gasteiger partial charge < -0.3 is 29.9 Å². The molecule has 4 saturated carbocycles. The van der Waals surface area contributed by atoms with Crippen molar-refractivity contribution in [1.29, 1.82) is 0 Å². The molecule has 12 atom stereocenters. The molecule has 0 spiro atoms. The predicted octanol–water partition coefficient (Wildman–Crippen LogP) is 6.70. The third-order valence-corrected chi connectivity index (χ3v) is 15.2. The molecule has 4 aliphatic rings. The van der Waals surface area contributed by atoms with Crippen molar-refractivity contribution in [2.24, 2.45) is 50.2 Å². The van der Waals surface area contributed by atoms with E-state index in [1.54, 1.807) is 32.9 Å². The van der Waals surface area contributed by atoms with Crippen molar-refractivity contribution in [3.05, 3.63) is 36.0 Å². The number of carbonyl (C=O) groups is 2. The molecule has 0 aliphatic heterocycles. The van der Waals surface area contributed by atoms with Gasteiger partial charge in [-0.25, -0.2) is 9.59 Å². The lowest BCUT2D eigenvalue weighted by Gasteiger charge is -2.70. The smallest absolute Gasteiger partial charge is 0.333 e. The van der Waals surface area contributed by atoms with Crippen molar-refractivity contribution in [2.45, 2.75) is 145 Å². The minimum atomic E-state index is -1.24. The van der Waals surface area contributed by atoms with Crippen LogP contribution < -0.4 is 0 Å². The van der Waals surface area contributed by atoms with Crippen molar-refractivity contribution in [2.75, 3.05) is 13.2 Å². The highest BCUT2D eigenvalue weighted by Gasteiger charge is 2.70. The number of hydrogen-bond acceptors (Lipinski definition) is 8. The molecule has 0 saturated heterocycles. The summed E-state index contributed by atoms with van der Waals surface area (Å²) in [6.45, 7) is 24.0. The zero-order valence-electron chi connectivity index (χ0n) is 32.0. The van der Waals surface area contributed by atoms with Gasteiger partial charge in [-0.2, -0.15) is 0 Å². The number of allylic oxidation sites excluding steroid dienone is 3. The maximum atomic E-state index is 12.9. The summed E-state index contributed by atoms with van der Waals surface area (Å²) < 4.78 is 11.8. The Morgan fingerprint density at radius 2 is 1.47 bits per heavy atom. The van der Waals surface area contributed by atoms with Crippen molar-refractivity contribution in [3.63, 3.8) is 0 Å². The van der Waals surface area contributed by atoms with Crippen LogP contribution in [0.2, 0.25) is 0 Å². The van der Waals surface area contributed by atoms with Crippen LogP contribution in [0.5, 0.6) is 0 Å². The van der Waals surface area contributed by atoms with E-state index in [1.165, 1.54) is 0 Å². The highest BCUT2D eigenvalue weighted by atomic mass is 16.6. The topological polar surface area (TPSA) is 134 Å². The average Bonchev–Trinajstić information content (AvgIpc) is 3.04. The van der Waals surface area contributed by atoms with Gasteiger partial charge >= 0.3 is 11.9 Å². The largest absolute Gasteiger partial charge is 0.462 e. The molecule has 278 valence electrons. The first-order chi connectivity index (χ1) is 22.7. The molecule has 0 aromatic heterocycles. The summed E-state index contributed by atoms with van der Waals surface area (Å²) in [6.07, 6.45) is 7.26. The van der Waals surface area contributed by atoms with Gasteiger partial charge in [-0.3, -0.25) is 0 Å². The van der Waals surface area contributed by atoms with Crippen LogP contribution in [0.15, 0.2) is 36.0 Å². The summed E-state index contributed by atoms with van der Waals surface area (Å²) in [5.74, 6) is -0.806. The van der Waals surface area contributed by atoms with Gasteiger partial charge in [-0.15, -0.1) is 6.58 Å². The van der Waals surface area contributed by atoms with Gasteiger partial charge in [0.1, 0.15) is 12.2 Å². The highest BCUT2D eigenvalue weighted by molar-refractivity contribution is 5.88. The van der Waals surface area contributed by atoms with Crippen LogP contribution in [0, 0.1) is 50.2 Å². The normalized spacial score (nSPS) is 45.5. The maximum Gasteiger partial charge on any atom is 0.333 e. The van der Waals surface area contributed by atoms with E-state index < -0.39 is 53.2 Å². The van der Waals surface area contributed by atoms with E-state index in [1.807, 2.05) is 26.8 Å². The number of rotatable bonds is 9. The lowest BCUT2D eigenvalue weighted by atomic mass is 9.35. The molecule has 0 aromatic rings. The number of carbonyl (C=O) groups excluding carboxylic acids is 2. The molecule has 0 amide bonds. The molecule has 0 heterocycles. The quantitative estimate of drug-likeness (QED) is 0.120. The Morgan fingerprint density at radius 3 is 2.04 bits per heavy atom. The average molecular weight is 687 g/mol. The predicted molar refractivity (Wildman–Crippen MR) is 191 cm³/mol. The van der Waals surface area contributed by atoms with E-state index in [9.17, 15) is 30.0 Å². The van der Waals surface area contributed by atoms with Gasteiger partial charge in [0.2, 0.25) is 0 Å². The summed E-state index contributed by atoms with van der Waals surface area (Å²) in [5.41, 5.74) is -2.26. The first-order valence-electron chi connectivity index (χ1n) is 18.6. The van der Waals surface area contributed by atoms with Crippen LogP contribution in [-0.2, 0) is 19.1 Å². The second-order valence-electron chi connectivity index (χ2n) is 18.1. The SMILES string of the molecule is C=CCC1[C@@]2(C)CC[C@H](O)[C@](C)(COC(=O)/C(C)=C\C)C2CC[C@@]1(C)[C@@]1(C)CC2CC(C)(C)[C@@H](OC(=O)/C(C)=C\C)[C@H](O)[C@]2(CO)[C@H](O)C1. The minimum Gasteiger partial charge on any atom is -0.462 e. The van der Waals surface area contributed by atoms with Crippen LogP contribution in [0.1, 0.15) is 121 Å². The molecule has 3 unspecified atom stereocenters. The van der Waals surface area contributed by atoms with Gasteiger partial charge in [-0.05, 0) is 113 Å². The molecule has 49 heavy (non-hydrogen) atoms. The Kier molecular flexibility index (Phi) is 11.2. The number of aliphatic hydroxyl groups is 4. The molecule has 8 nitrogen and oxygen atoms in total. The Bertz CT molecular complexity index is 1330. The van der Waals surface area contributed by atoms with Crippen molar-refractivity contribution in [1.82, 2.24) is 0 Å². The number of ether oxygens (including phenoxy) is 2. The van der Waals surface area contributed by atoms with Gasteiger partial charge in [-0.1, -0.05) is 59.8 Å². The van der Waals surface area contributed by atoms with E-state index in [0.717, 1.165) is 25.7 Å². The van der Waals surface area contributed by atoms with Gasteiger partial charge in [0, 0.05) is 22.0 Å². The van der Waals surface area contributed by atoms with Crippen molar-refractivity contribution in [3.8, 4) is 0 Å². The number of aliphatic hydroxyl groups excluding tert-OH is 4. The van der Waals surface area contributed by atoms with Crippen LogP contribution in [0.3, 0.4) is 0 Å². The number of hydrogen-bond donors (Lipinski definition) is 4. The monoisotopic (exact) mass is 686 g/mol. The molecule has 4 fully saturated rings. The van der Waals surface area contributed by atoms with E-state index >= 15 is 0 Å². The van der Waals surface area contributed by atoms with Crippen molar-refractivity contribution < 1.29 is 39.5 Å². The zero-order valence-corrected chi connectivity index (χ0v) is 32.0. The summed E-state index contributed by atoms with van der Waals surface area (Å²) >= 11 is 0. The fraction of sp³-hybridized carbons (Fsp3) is 0.805. The van der Waals surface area contributed by atoms with E-state index in [2.05, 4.69) is 34.3 Å². The highest BCUT2D eigenvalue weighted by Crippen LogP contribution is 2.73. The van der Waals surface area contributed by atoms with Crippen LogP contribution in [0.25, 0.3) is 0 Å². The molecular weight excluding hydrogens is 620 g/mol. The molecule has 0 aromatic carbocycles. The Labute approximate surface area is 295 Å². The molecule has 4 rings (SSSR count). The summed E-state index contributed by atoms with van der Waals surface area (Å²) in [6, 6.07) is 0. The second-order valence-corrected chi connectivity index (χ2v) is 18.1. The molecule has 0 bridgehead atoms. The summed E-state index contributed by atoms with van der Waals surface area (Å²) in [4.78, 5) is 25.6. The van der Waals surface area contributed by atoms with E-state index in [4.69, 9.17) is 9.47 Å². The molecule has 0 radical (unpaired) electrons. The second kappa shape index (κ2) is 13.9. The van der Waals surface area contributed by atoms with Crippen LogP contribution in [-0.4, -0.2) is 70.0 Å². The van der Waals surface area contributed by atoms with Crippen molar-refractivity contribution >= 4 is 11.9 Å². The maximum absolute atomic E-state index is 12.9. The third-order valence-electron chi connectivity index (χ3n) is 15.2. The number of esters is 2. The fourth-order valence-corrected chi connectivity index (χ4v) is 11.6. The molecule has 8 heteroatoms. The minimum absolute atomic E-state index is 0.0978. The van der Waals surface area contributed by atoms with E-state index in [0.29, 0.717) is 36.8 Å². The third kappa shape index (κ3) is 6.18. The lowest BCUT2D eigenvalue weighted by Crippen LogP contribution is -2.70. The molecule has 4 N–H and O–H groups in total. The first-order valence-corrected chi connectivity index (χ1v) is 18.6. The van der Waals surface area contributed by atoms with E-state index in [-0.39, 0.29) is 46.6 Å². The van der Waals surface area contributed by atoms with Crippen LogP contribution >= 0.6 is 0 Å². The Hall–Kier alpha value is -2.00. The standard InChI is InChI=1S/C41H66O8/c1-12-15-29-38(9)18-17-30(43)39(10,24-48-34(46)25(4)13-2)28(38)16-19-40(29,11)37(8)21-27-20-36(6,7)33(49-35(47)26(5)14-3)32(45)41(27,23-42)31(44)22-37/h12-14,27-33,42-45H,1,15-24H2,2-11H3/b25-13-,26-14-/t27?,28?,29?,30-,31+,32-,33-,37-,38-,39+,40+,41-/m0/s1. The van der Waals surface area contributed by atoms with Crippen LogP contribution in [0.4, 0.5) is 0 Å². The Balaban J connectivity index is 1.71. The zero-order chi connectivity index (χ0) is 37.0. The fourth-order valence-electron chi connectivity index (χ4n) is 11.6. The first kappa shape index (κ1) is 39.8.